The SMILES string of the molecule is C[C]1=C(C(C)(C)C)c2cccc[c]2[Bi]1[c]1ccccc1. The third kappa shape index (κ3) is 2.27. The van der Waals surface area contributed by atoms with Crippen molar-refractivity contribution in [3.05, 3.63) is 63.4 Å². The number of hydrogen-bond donors (Lipinski definition) is 0. The second kappa shape index (κ2) is 5.12. The van der Waals surface area contributed by atoms with Crippen molar-refractivity contribution in [2.75, 3.05) is 0 Å². The standard InChI is InChI=1S/C13H16.C6H5.Bi/c1-5-12(13(2,3)4)11-9-7-6-8-10-11;1-2-4-6-5-3-1;/h6-9H,1-4H3;1-5H;. The zero-order valence-electron chi connectivity index (χ0n) is 12.6. The molecule has 0 aromatic heterocycles. The minimum atomic E-state index is -1.97. The second-order valence-electron chi connectivity index (χ2n) is 6.40. The third-order valence-corrected chi connectivity index (χ3v) is 13.9. The Morgan fingerprint density at radius 2 is 1.40 bits per heavy atom. The molecule has 0 spiro atoms. The fourth-order valence-corrected chi connectivity index (χ4v) is 14.3. The van der Waals surface area contributed by atoms with Crippen LogP contribution in [0.15, 0.2) is 57.9 Å². The molecule has 1 aliphatic rings. The second-order valence-corrected chi connectivity index (χ2v) is 15.5. The summed E-state index contributed by atoms with van der Waals surface area (Å²) < 4.78 is 4.97. The van der Waals surface area contributed by atoms with Gasteiger partial charge in [-0.1, -0.05) is 0 Å². The fourth-order valence-electron chi connectivity index (χ4n) is 3.22. The van der Waals surface area contributed by atoms with Crippen molar-refractivity contribution in [1.29, 1.82) is 0 Å². The summed E-state index contributed by atoms with van der Waals surface area (Å²) in [6.45, 7) is 9.44. The van der Waals surface area contributed by atoms with Gasteiger partial charge in [-0.05, 0) is 0 Å². The first kappa shape index (κ1) is 14.0. The normalized spacial score (nSPS) is 15.6. The van der Waals surface area contributed by atoms with Crippen LogP contribution in [0.5, 0.6) is 0 Å². The molecule has 0 saturated heterocycles. The Kier molecular flexibility index (Phi) is 3.59. The average Bonchev–Trinajstić information content (AvgIpc) is 2.71. The molecule has 20 heavy (non-hydrogen) atoms. The maximum absolute atomic E-state index is 2.39. The molecule has 1 aliphatic heterocycles. The summed E-state index contributed by atoms with van der Waals surface area (Å²) in [5.41, 5.74) is 3.37. The molecular formula is C19H21Bi. The molecule has 2 aromatic rings. The Balaban J connectivity index is 2.24. The quantitative estimate of drug-likeness (QED) is 0.573. The summed E-state index contributed by atoms with van der Waals surface area (Å²) in [5.74, 6) is 0. The number of hydrogen-bond acceptors (Lipinski definition) is 0. The molecule has 0 saturated carbocycles. The number of fused-ring (bicyclic) bond motifs is 1. The van der Waals surface area contributed by atoms with Crippen LogP contribution in [0.1, 0.15) is 33.3 Å². The van der Waals surface area contributed by atoms with Crippen LogP contribution >= 0.6 is 0 Å². The number of benzene rings is 2. The molecule has 3 rings (SSSR count). The van der Waals surface area contributed by atoms with Crippen molar-refractivity contribution < 1.29 is 0 Å². The van der Waals surface area contributed by atoms with Crippen LogP contribution in [0.4, 0.5) is 0 Å². The van der Waals surface area contributed by atoms with Gasteiger partial charge >= 0.3 is 130 Å². The minimum absolute atomic E-state index is 0.235. The summed E-state index contributed by atoms with van der Waals surface area (Å²) in [4.78, 5) is 0. The number of allylic oxidation sites excluding steroid dienone is 2. The summed E-state index contributed by atoms with van der Waals surface area (Å²) in [7, 11) is 0. The van der Waals surface area contributed by atoms with E-state index < -0.39 is 21.8 Å². The molecule has 102 valence electrons. The number of rotatable bonds is 1. The zero-order valence-corrected chi connectivity index (χ0v) is 16.1. The Hall–Kier alpha value is -0.937. The van der Waals surface area contributed by atoms with Gasteiger partial charge in [0.15, 0.2) is 0 Å². The molecular weight excluding hydrogens is 437 g/mol. The van der Waals surface area contributed by atoms with Crippen molar-refractivity contribution >= 4 is 33.9 Å². The summed E-state index contributed by atoms with van der Waals surface area (Å²) in [5, 5.41) is 0. The first-order valence-electron chi connectivity index (χ1n) is 7.16. The molecule has 0 N–H and O–H groups in total. The van der Waals surface area contributed by atoms with E-state index in [2.05, 4.69) is 82.3 Å². The van der Waals surface area contributed by atoms with Crippen LogP contribution < -0.4 is 6.54 Å². The molecule has 0 unspecified atom stereocenters. The molecule has 0 nitrogen and oxygen atoms in total. The average molecular weight is 458 g/mol. The van der Waals surface area contributed by atoms with E-state index >= 15 is 0 Å². The van der Waals surface area contributed by atoms with Crippen molar-refractivity contribution in [3.63, 3.8) is 0 Å². The Morgan fingerprint density at radius 1 is 0.800 bits per heavy atom. The molecule has 0 bridgehead atoms. The van der Waals surface area contributed by atoms with E-state index in [1.165, 1.54) is 5.56 Å². The zero-order chi connectivity index (χ0) is 14.3. The van der Waals surface area contributed by atoms with Gasteiger partial charge < -0.3 is 0 Å². The fraction of sp³-hybridized carbons (Fsp3) is 0.263. The molecule has 0 fully saturated rings. The topological polar surface area (TPSA) is 0 Å². The van der Waals surface area contributed by atoms with E-state index in [1.54, 1.807) is 15.4 Å². The van der Waals surface area contributed by atoms with E-state index in [9.17, 15) is 0 Å². The first-order chi connectivity index (χ1) is 9.50. The van der Waals surface area contributed by atoms with Crippen molar-refractivity contribution in [3.8, 4) is 0 Å². The molecule has 0 radical (unpaired) electrons. The van der Waals surface area contributed by atoms with Crippen LogP contribution in [0.25, 0.3) is 5.57 Å². The molecule has 0 atom stereocenters. The van der Waals surface area contributed by atoms with Crippen LogP contribution in [0.2, 0.25) is 0 Å². The van der Waals surface area contributed by atoms with Gasteiger partial charge in [0.05, 0.1) is 0 Å². The molecule has 0 amide bonds. The van der Waals surface area contributed by atoms with Gasteiger partial charge in [-0.25, -0.2) is 0 Å². The Bertz CT molecular complexity index is 660. The molecule has 0 aliphatic carbocycles. The van der Waals surface area contributed by atoms with Crippen molar-refractivity contribution in [2.45, 2.75) is 27.7 Å². The van der Waals surface area contributed by atoms with Crippen molar-refractivity contribution in [1.82, 2.24) is 0 Å². The molecule has 2 aromatic carbocycles. The van der Waals surface area contributed by atoms with Crippen LogP contribution in [0.3, 0.4) is 0 Å². The van der Waals surface area contributed by atoms with Gasteiger partial charge in [0.2, 0.25) is 0 Å². The van der Waals surface area contributed by atoms with E-state index in [-0.39, 0.29) is 5.41 Å². The van der Waals surface area contributed by atoms with Gasteiger partial charge in [0.1, 0.15) is 0 Å². The van der Waals surface area contributed by atoms with E-state index in [4.69, 9.17) is 0 Å². The van der Waals surface area contributed by atoms with Gasteiger partial charge in [0.25, 0.3) is 0 Å². The van der Waals surface area contributed by atoms with E-state index in [0.717, 1.165) is 0 Å². The predicted octanol–water partition coefficient (Wildman–Crippen LogP) is 3.67. The Labute approximate surface area is 130 Å². The van der Waals surface area contributed by atoms with Gasteiger partial charge in [0, 0.05) is 0 Å². The van der Waals surface area contributed by atoms with E-state index in [1.807, 2.05) is 0 Å². The monoisotopic (exact) mass is 458 g/mol. The van der Waals surface area contributed by atoms with Crippen LogP contribution in [-0.4, -0.2) is 21.8 Å². The first-order valence-corrected chi connectivity index (χ1v) is 12.4. The van der Waals surface area contributed by atoms with Crippen LogP contribution in [-0.2, 0) is 0 Å². The summed E-state index contributed by atoms with van der Waals surface area (Å²) in [6.07, 6.45) is 0. The predicted molar refractivity (Wildman–Crippen MR) is 90.0 cm³/mol. The third-order valence-electron chi connectivity index (χ3n) is 3.88. The maximum atomic E-state index is 2.39. The van der Waals surface area contributed by atoms with Gasteiger partial charge in [-0.2, -0.15) is 0 Å². The van der Waals surface area contributed by atoms with E-state index in [0.29, 0.717) is 0 Å². The van der Waals surface area contributed by atoms with Gasteiger partial charge in [-0.15, -0.1) is 0 Å². The summed E-state index contributed by atoms with van der Waals surface area (Å²) >= 11 is -1.97. The van der Waals surface area contributed by atoms with Crippen LogP contribution in [0, 0.1) is 5.41 Å². The van der Waals surface area contributed by atoms with Gasteiger partial charge in [-0.3, -0.25) is 0 Å². The summed E-state index contributed by atoms with van der Waals surface area (Å²) in [6, 6.07) is 20.3. The van der Waals surface area contributed by atoms with Crippen molar-refractivity contribution in [2.24, 2.45) is 5.41 Å². The molecule has 1 heteroatoms. The molecule has 1 heterocycles. The Morgan fingerprint density at radius 3 is 2.05 bits per heavy atom.